The third-order valence-electron chi connectivity index (χ3n) is 6.49. The van der Waals surface area contributed by atoms with Crippen LogP contribution in [-0.4, -0.2) is 55.4 Å². The monoisotopic (exact) mass is 428 g/mol. The zero-order chi connectivity index (χ0) is 18.7. The SMILES string of the molecule is CC(OCC1CCCCO1)C(=O)N(Cc1ccsc1)C1CC12CCNCC2.Cl. The number of halogens is 1. The Hall–Kier alpha value is -0.660. The van der Waals surface area contributed by atoms with Crippen molar-refractivity contribution in [3.8, 4) is 0 Å². The molecule has 1 spiro atoms. The molecule has 2 aliphatic heterocycles. The summed E-state index contributed by atoms with van der Waals surface area (Å²) < 4.78 is 11.7. The molecular weight excluding hydrogens is 396 g/mol. The Morgan fingerprint density at radius 3 is 2.93 bits per heavy atom. The molecule has 0 radical (unpaired) electrons. The first-order valence-electron chi connectivity index (χ1n) is 10.4. The van der Waals surface area contributed by atoms with Crippen molar-refractivity contribution >= 4 is 29.7 Å². The van der Waals surface area contributed by atoms with Crippen LogP contribution in [0.4, 0.5) is 0 Å². The second kappa shape index (κ2) is 9.90. The van der Waals surface area contributed by atoms with E-state index in [1.165, 1.54) is 24.8 Å². The first-order valence-corrected chi connectivity index (χ1v) is 11.4. The minimum atomic E-state index is -0.409. The van der Waals surface area contributed by atoms with Crippen molar-refractivity contribution in [3.63, 3.8) is 0 Å². The maximum absolute atomic E-state index is 13.3. The zero-order valence-electron chi connectivity index (χ0n) is 16.7. The number of hydrogen-bond donors (Lipinski definition) is 1. The summed E-state index contributed by atoms with van der Waals surface area (Å²) >= 11 is 1.69. The van der Waals surface area contributed by atoms with E-state index >= 15 is 0 Å². The van der Waals surface area contributed by atoms with Crippen LogP contribution in [0, 0.1) is 5.41 Å². The molecule has 158 valence electrons. The summed E-state index contributed by atoms with van der Waals surface area (Å²) in [4.78, 5) is 15.4. The quantitative estimate of drug-likeness (QED) is 0.720. The highest BCUT2D eigenvalue weighted by Crippen LogP contribution is 2.56. The van der Waals surface area contributed by atoms with E-state index < -0.39 is 6.10 Å². The fourth-order valence-electron chi connectivity index (χ4n) is 4.65. The van der Waals surface area contributed by atoms with Crippen LogP contribution in [0.25, 0.3) is 0 Å². The van der Waals surface area contributed by atoms with E-state index in [4.69, 9.17) is 9.47 Å². The smallest absolute Gasteiger partial charge is 0.251 e. The average molecular weight is 429 g/mol. The van der Waals surface area contributed by atoms with E-state index in [9.17, 15) is 4.79 Å². The maximum atomic E-state index is 13.3. The Morgan fingerprint density at radius 1 is 1.43 bits per heavy atom. The van der Waals surface area contributed by atoms with Gasteiger partial charge in [0.25, 0.3) is 5.91 Å². The van der Waals surface area contributed by atoms with Crippen LogP contribution in [-0.2, 0) is 20.8 Å². The van der Waals surface area contributed by atoms with Crippen LogP contribution < -0.4 is 5.32 Å². The molecule has 7 heteroatoms. The number of carbonyl (C=O) groups is 1. The second-order valence-corrected chi connectivity index (χ2v) is 9.17. The number of amides is 1. The molecular formula is C21H33ClN2O3S. The standard InChI is InChI=1S/C21H32N2O3S.ClH/c1-16(26-14-18-4-2-3-10-25-18)20(24)23(13-17-5-11-27-15-17)19-12-21(19)6-8-22-9-7-21;/h5,11,15-16,18-19,22H,2-4,6-10,12-14H2,1H3;1H. The van der Waals surface area contributed by atoms with E-state index in [0.29, 0.717) is 24.6 Å². The molecule has 1 aromatic heterocycles. The van der Waals surface area contributed by atoms with E-state index in [2.05, 4.69) is 27.0 Å². The number of hydrogen-bond acceptors (Lipinski definition) is 5. The third-order valence-corrected chi connectivity index (χ3v) is 7.22. The van der Waals surface area contributed by atoms with Gasteiger partial charge in [-0.25, -0.2) is 0 Å². The minimum absolute atomic E-state index is 0. The Kier molecular flexibility index (Phi) is 7.79. The minimum Gasteiger partial charge on any atom is -0.376 e. The highest BCUT2D eigenvalue weighted by Gasteiger charge is 2.58. The largest absolute Gasteiger partial charge is 0.376 e. The zero-order valence-corrected chi connectivity index (χ0v) is 18.4. The van der Waals surface area contributed by atoms with Gasteiger partial charge in [-0.15, -0.1) is 12.4 Å². The van der Waals surface area contributed by atoms with E-state index in [-0.39, 0.29) is 24.4 Å². The summed E-state index contributed by atoms with van der Waals surface area (Å²) in [7, 11) is 0. The second-order valence-electron chi connectivity index (χ2n) is 8.39. The van der Waals surface area contributed by atoms with Gasteiger partial charge < -0.3 is 19.7 Å². The average Bonchev–Trinajstić information content (AvgIpc) is 3.14. The van der Waals surface area contributed by atoms with Crippen molar-refractivity contribution in [1.82, 2.24) is 10.2 Å². The van der Waals surface area contributed by atoms with Gasteiger partial charge in [-0.05, 0) is 86.3 Å². The number of piperidine rings is 1. The predicted molar refractivity (Wildman–Crippen MR) is 114 cm³/mol. The lowest BCUT2D eigenvalue weighted by molar-refractivity contribution is -0.148. The molecule has 1 aliphatic carbocycles. The molecule has 1 N–H and O–H groups in total. The Labute approximate surface area is 178 Å². The fraction of sp³-hybridized carbons (Fsp3) is 0.762. The Bertz CT molecular complexity index is 615. The molecule has 0 aromatic carbocycles. The molecule has 3 fully saturated rings. The number of thiophene rings is 1. The van der Waals surface area contributed by atoms with Crippen LogP contribution in [0.5, 0.6) is 0 Å². The number of nitrogens with zero attached hydrogens (tertiary/aromatic N) is 1. The van der Waals surface area contributed by atoms with Gasteiger partial charge in [0.05, 0.1) is 12.7 Å². The first kappa shape index (κ1) is 22.0. The van der Waals surface area contributed by atoms with Crippen LogP contribution in [0.2, 0.25) is 0 Å². The molecule has 3 aliphatic rings. The normalized spacial score (nSPS) is 27.0. The first-order chi connectivity index (χ1) is 13.2. The van der Waals surface area contributed by atoms with Gasteiger partial charge in [-0.3, -0.25) is 4.79 Å². The van der Waals surface area contributed by atoms with Gasteiger partial charge in [0.1, 0.15) is 6.10 Å². The van der Waals surface area contributed by atoms with Gasteiger partial charge in [0.2, 0.25) is 0 Å². The van der Waals surface area contributed by atoms with E-state index in [0.717, 1.165) is 39.0 Å². The number of rotatable bonds is 7. The highest BCUT2D eigenvalue weighted by atomic mass is 35.5. The van der Waals surface area contributed by atoms with Crippen molar-refractivity contribution < 1.29 is 14.3 Å². The Balaban J connectivity index is 0.00000225. The topological polar surface area (TPSA) is 50.8 Å². The highest BCUT2D eigenvalue weighted by molar-refractivity contribution is 7.07. The molecule has 3 unspecified atom stereocenters. The van der Waals surface area contributed by atoms with Gasteiger partial charge in [-0.1, -0.05) is 0 Å². The van der Waals surface area contributed by atoms with Crippen molar-refractivity contribution in [3.05, 3.63) is 22.4 Å². The molecule has 4 rings (SSSR count). The summed E-state index contributed by atoms with van der Waals surface area (Å²) in [6, 6.07) is 2.49. The van der Waals surface area contributed by atoms with Crippen molar-refractivity contribution in [2.24, 2.45) is 5.41 Å². The summed E-state index contributed by atoms with van der Waals surface area (Å²) in [6.45, 7) is 6.10. The summed E-state index contributed by atoms with van der Waals surface area (Å²) in [6.07, 6.45) is 6.61. The van der Waals surface area contributed by atoms with E-state index in [1.54, 1.807) is 11.3 Å². The van der Waals surface area contributed by atoms with Crippen molar-refractivity contribution in [2.75, 3.05) is 26.3 Å². The molecule has 3 heterocycles. The Morgan fingerprint density at radius 2 is 2.25 bits per heavy atom. The molecule has 5 nitrogen and oxygen atoms in total. The van der Waals surface area contributed by atoms with Crippen LogP contribution in [0.3, 0.4) is 0 Å². The molecule has 1 saturated carbocycles. The molecule has 0 bridgehead atoms. The van der Waals surface area contributed by atoms with Gasteiger partial charge in [-0.2, -0.15) is 11.3 Å². The van der Waals surface area contributed by atoms with Gasteiger partial charge in [0, 0.05) is 19.2 Å². The molecule has 28 heavy (non-hydrogen) atoms. The van der Waals surface area contributed by atoms with Crippen LogP contribution in [0.15, 0.2) is 16.8 Å². The predicted octanol–water partition coefficient (Wildman–Crippen LogP) is 3.61. The van der Waals surface area contributed by atoms with Crippen LogP contribution >= 0.6 is 23.7 Å². The molecule has 1 amide bonds. The number of nitrogens with one attached hydrogen (secondary N) is 1. The fourth-order valence-corrected chi connectivity index (χ4v) is 5.31. The third kappa shape index (κ3) is 5.08. The lowest BCUT2D eigenvalue weighted by Gasteiger charge is -2.31. The van der Waals surface area contributed by atoms with Gasteiger partial charge in [0.15, 0.2) is 0 Å². The lowest BCUT2D eigenvalue weighted by atomic mass is 9.93. The van der Waals surface area contributed by atoms with Crippen molar-refractivity contribution in [1.29, 1.82) is 0 Å². The maximum Gasteiger partial charge on any atom is 0.251 e. The van der Waals surface area contributed by atoms with Crippen molar-refractivity contribution in [2.45, 2.75) is 70.2 Å². The molecule has 2 saturated heterocycles. The summed E-state index contributed by atoms with van der Waals surface area (Å²) in [5, 5.41) is 7.69. The summed E-state index contributed by atoms with van der Waals surface area (Å²) in [5.74, 6) is 0.136. The number of ether oxygens (including phenoxy) is 2. The van der Waals surface area contributed by atoms with Crippen LogP contribution in [0.1, 0.15) is 51.0 Å². The molecule has 3 atom stereocenters. The van der Waals surface area contributed by atoms with Gasteiger partial charge >= 0.3 is 0 Å². The van der Waals surface area contributed by atoms with E-state index in [1.807, 2.05) is 6.92 Å². The summed E-state index contributed by atoms with van der Waals surface area (Å²) in [5.41, 5.74) is 1.57. The lowest BCUT2D eigenvalue weighted by Crippen LogP contribution is -2.44. The molecule has 1 aromatic rings. The number of carbonyl (C=O) groups excluding carboxylic acids is 1.